The van der Waals surface area contributed by atoms with Crippen LogP contribution in [-0.4, -0.2) is 33.2 Å². The number of hydrogen-bond acceptors (Lipinski definition) is 3. The van der Waals surface area contributed by atoms with Crippen LogP contribution in [0.25, 0.3) is 5.69 Å². The van der Waals surface area contributed by atoms with E-state index in [9.17, 15) is 18.0 Å². The van der Waals surface area contributed by atoms with Gasteiger partial charge in [-0.1, -0.05) is 6.07 Å². The molecule has 2 aromatic rings. The van der Waals surface area contributed by atoms with Crippen molar-refractivity contribution in [3.8, 4) is 5.69 Å². The molecule has 2 heterocycles. The highest BCUT2D eigenvalue weighted by Crippen LogP contribution is 2.31. The predicted octanol–water partition coefficient (Wildman–Crippen LogP) is 4.06. The normalized spacial score (nSPS) is 15.7. The molecule has 0 spiro atoms. The van der Waals surface area contributed by atoms with Gasteiger partial charge in [0.05, 0.1) is 23.4 Å². The molecule has 4 nitrogen and oxygen atoms in total. The first-order chi connectivity index (χ1) is 12.8. The highest BCUT2D eigenvalue weighted by Gasteiger charge is 2.31. The van der Waals surface area contributed by atoms with Gasteiger partial charge in [0, 0.05) is 17.3 Å². The fraction of sp³-hybridized carbons (Fsp3) is 0.474. The molecule has 1 aromatic heterocycles. The second-order valence-electron chi connectivity index (χ2n) is 6.74. The maximum atomic E-state index is 13.0. The third-order valence-electron chi connectivity index (χ3n) is 4.78. The molecule has 3 rings (SSSR count). The van der Waals surface area contributed by atoms with Crippen molar-refractivity contribution >= 4 is 17.7 Å². The number of hydrogen-bond donors (Lipinski definition) is 1. The molecule has 1 aromatic carbocycles. The van der Waals surface area contributed by atoms with E-state index in [1.54, 1.807) is 19.9 Å². The lowest BCUT2D eigenvalue weighted by Gasteiger charge is -2.22. The SMILES string of the molecule is Cc1nn(-c2cccc(C(F)(F)F)c2)c(C)c1CC(=O)NC1CCSCC1. The van der Waals surface area contributed by atoms with Crippen LogP contribution in [0.15, 0.2) is 24.3 Å². The standard InChI is InChI=1S/C19H22F3N3OS/c1-12-17(11-18(26)23-15-6-8-27-9-7-15)13(2)25(24-12)16-5-3-4-14(10-16)19(20,21)22/h3-5,10,15H,6-9,11H2,1-2H3,(H,23,26). The van der Waals surface area contributed by atoms with Crippen LogP contribution in [0.1, 0.15) is 35.4 Å². The molecule has 146 valence electrons. The number of aromatic nitrogens is 2. The summed E-state index contributed by atoms with van der Waals surface area (Å²) in [5, 5.41) is 7.43. The molecule has 0 unspecified atom stereocenters. The Morgan fingerprint density at radius 2 is 2.00 bits per heavy atom. The minimum Gasteiger partial charge on any atom is -0.353 e. The summed E-state index contributed by atoms with van der Waals surface area (Å²) >= 11 is 1.89. The predicted molar refractivity (Wildman–Crippen MR) is 100 cm³/mol. The van der Waals surface area contributed by atoms with Gasteiger partial charge >= 0.3 is 6.18 Å². The zero-order valence-corrected chi connectivity index (χ0v) is 16.1. The van der Waals surface area contributed by atoms with E-state index in [2.05, 4.69) is 10.4 Å². The molecule has 1 fully saturated rings. The summed E-state index contributed by atoms with van der Waals surface area (Å²) in [6.07, 6.45) is -2.29. The number of alkyl halides is 3. The summed E-state index contributed by atoms with van der Waals surface area (Å²) in [4.78, 5) is 12.4. The molecule has 0 radical (unpaired) electrons. The average Bonchev–Trinajstić information content (AvgIpc) is 2.90. The summed E-state index contributed by atoms with van der Waals surface area (Å²) in [6, 6.07) is 5.26. The number of carbonyl (C=O) groups excluding carboxylic acids is 1. The number of rotatable bonds is 4. The van der Waals surface area contributed by atoms with Crippen LogP contribution in [0.5, 0.6) is 0 Å². The minimum absolute atomic E-state index is 0.0679. The largest absolute Gasteiger partial charge is 0.416 e. The second kappa shape index (κ2) is 7.96. The molecule has 8 heteroatoms. The van der Waals surface area contributed by atoms with E-state index < -0.39 is 11.7 Å². The molecular formula is C19H22F3N3OS. The Morgan fingerprint density at radius 1 is 1.30 bits per heavy atom. The number of aryl methyl sites for hydroxylation is 1. The van der Waals surface area contributed by atoms with Crippen LogP contribution in [-0.2, 0) is 17.4 Å². The van der Waals surface area contributed by atoms with E-state index in [-0.39, 0.29) is 18.4 Å². The van der Waals surface area contributed by atoms with Crippen molar-refractivity contribution in [3.05, 3.63) is 46.8 Å². The maximum absolute atomic E-state index is 13.0. The van der Waals surface area contributed by atoms with Gasteiger partial charge in [0.25, 0.3) is 0 Å². The van der Waals surface area contributed by atoms with Gasteiger partial charge in [-0.15, -0.1) is 0 Å². The first kappa shape index (κ1) is 19.8. The fourth-order valence-corrected chi connectivity index (χ4v) is 4.38. The Hall–Kier alpha value is -1.96. The van der Waals surface area contributed by atoms with Crippen molar-refractivity contribution < 1.29 is 18.0 Å². The first-order valence-corrected chi connectivity index (χ1v) is 10.0. The molecule has 0 bridgehead atoms. The average molecular weight is 397 g/mol. The van der Waals surface area contributed by atoms with E-state index in [0.717, 1.165) is 42.0 Å². The third kappa shape index (κ3) is 4.66. The van der Waals surface area contributed by atoms with Gasteiger partial charge in [0.1, 0.15) is 0 Å². The Bertz CT molecular complexity index is 826. The van der Waals surface area contributed by atoms with Crippen LogP contribution < -0.4 is 5.32 Å². The van der Waals surface area contributed by atoms with E-state index in [0.29, 0.717) is 17.1 Å². The summed E-state index contributed by atoms with van der Waals surface area (Å²) in [5.74, 6) is 2.04. The van der Waals surface area contributed by atoms with Crippen molar-refractivity contribution in [1.82, 2.24) is 15.1 Å². The van der Waals surface area contributed by atoms with Crippen LogP contribution in [0.3, 0.4) is 0 Å². The zero-order valence-electron chi connectivity index (χ0n) is 15.3. The number of thioether (sulfide) groups is 1. The maximum Gasteiger partial charge on any atom is 0.416 e. The topological polar surface area (TPSA) is 46.9 Å². The van der Waals surface area contributed by atoms with Crippen molar-refractivity contribution in [3.63, 3.8) is 0 Å². The van der Waals surface area contributed by atoms with Crippen molar-refractivity contribution in [2.75, 3.05) is 11.5 Å². The minimum atomic E-state index is -4.41. The lowest BCUT2D eigenvalue weighted by atomic mass is 10.1. The molecular weight excluding hydrogens is 375 g/mol. The lowest BCUT2D eigenvalue weighted by Crippen LogP contribution is -2.38. The van der Waals surface area contributed by atoms with Crippen molar-refractivity contribution in [2.24, 2.45) is 0 Å². The number of nitrogens with zero attached hydrogens (tertiary/aromatic N) is 2. The molecule has 1 N–H and O–H groups in total. The van der Waals surface area contributed by atoms with Crippen LogP contribution in [0.2, 0.25) is 0 Å². The Labute approximate surface area is 160 Å². The summed E-state index contributed by atoms with van der Waals surface area (Å²) in [6.45, 7) is 3.55. The highest BCUT2D eigenvalue weighted by atomic mass is 32.2. The van der Waals surface area contributed by atoms with E-state index in [1.165, 1.54) is 10.7 Å². The van der Waals surface area contributed by atoms with Gasteiger partial charge in [-0.25, -0.2) is 4.68 Å². The van der Waals surface area contributed by atoms with Gasteiger partial charge in [0.2, 0.25) is 5.91 Å². The second-order valence-corrected chi connectivity index (χ2v) is 7.96. The molecule has 0 saturated carbocycles. The molecule has 27 heavy (non-hydrogen) atoms. The van der Waals surface area contributed by atoms with E-state index in [1.807, 2.05) is 11.8 Å². The summed E-state index contributed by atoms with van der Waals surface area (Å²) in [5.41, 5.74) is 1.71. The van der Waals surface area contributed by atoms with Crippen LogP contribution in [0, 0.1) is 13.8 Å². The highest BCUT2D eigenvalue weighted by molar-refractivity contribution is 7.99. The molecule has 0 aliphatic carbocycles. The number of amides is 1. The number of benzene rings is 1. The summed E-state index contributed by atoms with van der Waals surface area (Å²) < 4.78 is 40.4. The molecule has 0 atom stereocenters. The smallest absolute Gasteiger partial charge is 0.353 e. The zero-order chi connectivity index (χ0) is 19.6. The van der Waals surface area contributed by atoms with Crippen molar-refractivity contribution in [2.45, 2.75) is 45.3 Å². The van der Waals surface area contributed by atoms with Gasteiger partial charge in [-0.05, 0) is 56.4 Å². The van der Waals surface area contributed by atoms with Crippen LogP contribution in [0.4, 0.5) is 13.2 Å². The molecule has 1 aliphatic heterocycles. The van der Waals surface area contributed by atoms with Gasteiger partial charge in [-0.2, -0.15) is 30.0 Å². The van der Waals surface area contributed by atoms with Crippen LogP contribution >= 0.6 is 11.8 Å². The van der Waals surface area contributed by atoms with E-state index >= 15 is 0 Å². The van der Waals surface area contributed by atoms with Gasteiger partial charge < -0.3 is 5.32 Å². The Morgan fingerprint density at radius 3 is 2.67 bits per heavy atom. The van der Waals surface area contributed by atoms with Gasteiger partial charge in [0.15, 0.2) is 0 Å². The Balaban J connectivity index is 1.79. The fourth-order valence-electron chi connectivity index (χ4n) is 3.28. The monoisotopic (exact) mass is 397 g/mol. The van der Waals surface area contributed by atoms with Crippen molar-refractivity contribution in [1.29, 1.82) is 0 Å². The summed E-state index contributed by atoms with van der Waals surface area (Å²) in [7, 11) is 0. The number of nitrogens with one attached hydrogen (secondary N) is 1. The van der Waals surface area contributed by atoms with Gasteiger partial charge in [-0.3, -0.25) is 4.79 Å². The Kier molecular flexibility index (Phi) is 5.83. The number of halogens is 3. The molecule has 1 saturated heterocycles. The molecule has 1 amide bonds. The quantitative estimate of drug-likeness (QED) is 0.846. The lowest BCUT2D eigenvalue weighted by molar-refractivity contribution is -0.137. The third-order valence-corrected chi connectivity index (χ3v) is 5.83. The first-order valence-electron chi connectivity index (χ1n) is 8.85. The number of carbonyl (C=O) groups is 1. The van der Waals surface area contributed by atoms with E-state index in [4.69, 9.17) is 0 Å². The molecule has 1 aliphatic rings.